The zero-order valence-corrected chi connectivity index (χ0v) is 11.6. The molecule has 1 rings (SSSR count). The first kappa shape index (κ1) is 15.8. The van der Waals surface area contributed by atoms with Gasteiger partial charge in [0, 0.05) is 19.2 Å². The first-order chi connectivity index (χ1) is 8.95. The molecule has 110 valence electrons. The molecule has 2 amide bonds. The highest BCUT2D eigenvalue weighted by Gasteiger charge is 2.31. The maximum absolute atomic E-state index is 12.1. The first-order valence-electron chi connectivity index (χ1n) is 6.86. The van der Waals surface area contributed by atoms with Crippen molar-refractivity contribution in [3.63, 3.8) is 0 Å². The molecule has 6 nitrogen and oxygen atoms in total. The fourth-order valence-electron chi connectivity index (χ4n) is 2.48. The number of aliphatic hydroxyl groups excluding tert-OH is 1. The predicted molar refractivity (Wildman–Crippen MR) is 70.8 cm³/mol. The lowest BCUT2D eigenvalue weighted by atomic mass is 10.0. The van der Waals surface area contributed by atoms with Crippen molar-refractivity contribution in [2.24, 2.45) is 5.92 Å². The van der Waals surface area contributed by atoms with E-state index in [0.717, 1.165) is 12.8 Å². The summed E-state index contributed by atoms with van der Waals surface area (Å²) in [5.74, 6) is -0.798. The second-order valence-electron chi connectivity index (χ2n) is 5.47. The summed E-state index contributed by atoms with van der Waals surface area (Å²) in [4.78, 5) is 24.9. The van der Waals surface area contributed by atoms with E-state index in [1.807, 2.05) is 13.8 Å². The fraction of sp³-hybridized carbons (Fsp3) is 0.846. The SMILES string of the molecule is CC(C)C[C@H](NC(=O)N1CCCC1CCO)C(=O)O. The van der Waals surface area contributed by atoms with Crippen LogP contribution in [0.2, 0.25) is 0 Å². The normalized spacial score (nSPS) is 20.6. The van der Waals surface area contributed by atoms with Crippen LogP contribution < -0.4 is 5.32 Å². The van der Waals surface area contributed by atoms with Crippen LogP contribution in [0.1, 0.15) is 39.5 Å². The number of carboxylic acids is 1. The van der Waals surface area contributed by atoms with E-state index < -0.39 is 12.0 Å². The molecule has 0 saturated carbocycles. The van der Waals surface area contributed by atoms with Crippen LogP contribution in [0, 0.1) is 5.92 Å². The molecule has 19 heavy (non-hydrogen) atoms. The number of carboxylic acid groups (broad SMARTS) is 1. The lowest BCUT2D eigenvalue weighted by Gasteiger charge is -2.26. The van der Waals surface area contributed by atoms with Crippen molar-refractivity contribution >= 4 is 12.0 Å². The summed E-state index contributed by atoms with van der Waals surface area (Å²) in [6.45, 7) is 4.52. The van der Waals surface area contributed by atoms with E-state index in [1.165, 1.54) is 0 Å². The second kappa shape index (κ2) is 7.33. The highest BCUT2D eigenvalue weighted by Crippen LogP contribution is 2.20. The Bertz CT molecular complexity index is 320. The van der Waals surface area contributed by atoms with Gasteiger partial charge < -0.3 is 20.4 Å². The minimum Gasteiger partial charge on any atom is -0.480 e. The van der Waals surface area contributed by atoms with Crippen LogP contribution in [-0.4, -0.2) is 52.3 Å². The standard InChI is InChI=1S/C13H24N2O4/c1-9(2)8-11(12(17)18)14-13(19)15-6-3-4-10(15)5-7-16/h9-11,16H,3-8H2,1-2H3,(H,14,19)(H,17,18)/t10?,11-/m0/s1. The molecule has 6 heteroatoms. The van der Waals surface area contributed by atoms with Gasteiger partial charge in [0.1, 0.15) is 6.04 Å². The topological polar surface area (TPSA) is 89.9 Å². The third-order valence-corrected chi connectivity index (χ3v) is 3.40. The molecule has 1 saturated heterocycles. The second-order valence-corrected chi connectivity index (χ2v) is 5.47. The summed E-state index contributed by atoms with van der Waals surface area (Å²) < 4.78 is 0. The fourth-order valence-corrected chi connectivity index (χ4v) is 2.48. The number of carbonyl (C=O) groups is 2. The van der Waals surface area contributed by atoms with Crippen molar-refractivity contribution in [1.29, 1.82) is 0 Å². The number of aliphatic hydroxyl groups is 1. The lowest BCUT2D eigenvalue weighted by molar-refractivity contribution is -0.139. The maximum Gasteiger partial charge on any atom is 0.326 e. The van der Waals surface area contributed by atoms with Gasteiger partial charge in [0.15, 0.2) is 0 Å². The van der Waals surface area contributed by atoms with Crippen LogP contribution in [0.15, 0.2) is 0 Å². The number of nitrogens with zero attached hydrogens (tertiary/aromatic N) is 1. The highest BCUT2D eigenvalue weighted by atomic mass is 16.4. The molecule has 2 atom stereocenters. The van der Waals surface area contributed by atoms with Crippen LogP contribution in [0.5, 0.6) is 0 Å². The van der Waals surface area contributed by atoms with Gasteiger partial charge in [0.25, 0.3) is 0 Å². The maximum atomic E-state index is 12.1. The minimum absolute atomic E-state index is 0.0264. The Morgan fingerprint density at radius 3 is 2.63 bits per heavy atom. The van der Waals surface area contributed by atoms with Crippen molar-refractivity contribution in [3.05, 3.63) is 0 Å². The van der Waals surface area contributed by atoms with Crippen LogP contribution in [0.25, 0.3) is 0 Å². The molecule has 0 aromatic carbocycles. The zero-order valence-electron chi connectivity index (χ0n) is 11.6. The van der Waals surface area contributed by atoms with Gasteiger partial charge in [-0.3, -0.25) is 0 Å². The number of hydrogen-bond acceptors (Lipinski definition) is 3. The van der Waals surface area contributed by atoms with Gasteiger partial charge in [-0.15, -0.1) is 0 Å². The summed E-state index contributed by atoms with van der Waals surface area (Å²) >= 11 is 0. The van der Waals surface area contributed by atoms with E-state index >= 15 is 0 Å². The summed E-state index contributed by atoms with van der Waals surface area (Å²) in [6.07, 6.45) is 2.74. The zero-order chi connectivity index (χ0) is 14.4. The number of carbonyl (C=O) groups excluding carboxylic acids is 1. The average Bonchev–Trinajstić information content (AvgIpc) is 2.76. The van der Waals surface area contributed by atoms with Gasteiger partial charge in [0.05, 0.1) is 0 Å². The van der Waals surface area contributed by atoms with Gasteiger partial charge in [-0.2, -0.15) is 0 Å². The summed E-state index contributed by atoms with van der Waals surface area (Å²) in [7, 11) is 0. The molecule has 0 radical (unpaired) electrons. The van der Waals surface area contributed by atoms with Crippen molar-refractivity contribution in [3.8, 4) is 0 Å². The van der Waals surface area contributed by atoms with Gasteiger partial charge >= 0.3 is 12.0 Å². The first-order valence-corrected chi connectivity index (χ1v) is 6.86. The minimum atomic E-state index is -1.00. The number of amides is 2. The number of hydrogen-bond donors (Lipinski definition) is 3. The van der Waals surface area contributed by atoms with E-state index in [9.17, 15) is 9.59 Å². The van der Waals surface area contributed by atoms with Crippen LogP contribution >= 0.6 is 0 Å². The van der Waals surface area contributed by atoms with Crippen molar-refractivity contribution in [1.82, 2.24) is 10.2 Å². The van der Waals surface area contributed by atoms with E-state index in [0.29, 0.717) is 19.4 Å². The van der Waals surface area contributed by atoms with Gasteiger partial charge in [-0.05, 0) is 31.6 Å². The Hall–Kier alpha value is -1.30. The molecule has 0 aromatic rings. The Morgan fingerprint density at radius 1 is 1.42 bits per heavy atom. The summed E-state index contributed by atoms with van der Waals surface area (Å²) in [5.41, 5.74) is 0. The van der Waals surface area contributed by atoms with Crippen molar-refractivity contribution < 1.29 is 19.8 Å². The number of likely N-dealkylation sites (tertiary alicyclic amines) is 1. The average molecular weight is 272 g/mol. The molecule has 0 aliphatic carbocycles. The number of rotatable bonds is 6. The van der Waals surface area contributed by atoms with Crippen LogP contribution in [0.4, 0.5) is 4.79 Å². The molecule has 0 bridgehead atoms. The lowest BCUT2D eigenvalue weighted by Crippen LogP contribution is -2.50. The van der Waals surface area contributed by atoms with Crippen molar-refractivity contribution in [2.75, 3.05) is 13.2 Å². The van der Waals surface area contributed by atoms with E-state index in [1.54, 1.807) is 4.90 Å². The molecular formula is C13H24N2O4. The quantitative estimate of drug-likeness (QED) is 0.674. The molecule has 3 N–H and O–H groups in total. The number of urea groups is 1. The van der Waals surface area contributed by atoms with Crippen LogP contribution in [-0.2, 0) is 4.79 Å². The summed E-state index contributed by atoms with van der Waals surface area (Å²) in [6, 6.07) is -1.15. The molecule has 1 unspecified atom stereocenters. The molecule has 1 heterocycles. The largest absolute Gasteiger partial charge is 0.480 e. The molecule has 1 aliphatic rings. The number of aliphatic carboxylic acids is 1. The smallest absolute Gasteiger partial charge is 0.326 e. The molecule has 0 spiro atoms. The number of nitrogens with one attached hydrogen (secondary N) is 1. The predicted octanol–water partition coefficient (Wildman–Crippen LogP) is 1.04. The summed E-state index contributed by atoms with van der Waals surface area (Å²) in [5, 5.41) is 20.7. The monoisotopic (exact) mass is 272 g/mol. The Balaban J connectivity index is 2.58. The van der Waals surface area contributed by atoms with Crippen LogP contribution in [0.3, 0.4) is 0 Å². The van der Waals surface area contributed by atoms with Gasteiger partial charge in [-0.1, -0.05) is 13.8 Å². The van der Waals surface area contributed by atoms with E-state index in [2.05, 4.69) is 5.32 Å². The third kappa shape index (κ3) is 4.70. The van der Waals surface area contributed by atoms with E-state index in [-0.39, 0.29) is 24.6 Å². The Kier molecular flexibility index (Phi) is 6.08. The molecule has 1 fully saturated rings. The third-order valence-electron chi connectivity index (χ3n) is 3.40. The Labute approximate surface area is 113 Å². The highest BCUT2D eigenvalue weighted by molar-refractivity contribution is 5.82. The van der Waals surface area contributed by atoms with Gasteiger partial charge in [0.2, 0.25) is 0 Å². The van der Waals surface area contributed by atoms with E-state index in [4.69, 9.17) is 10.2 Å². The molecular weight excluding hydrogens is 248 g/mol. The Morgan fingerprint density at radius 2 is 2.11 bits per heavy atom. The molecule has 1 aliphatic heterocycles. The molecule has 0 aromatic heterocycles. The van der Waals surface area contributed by atoms with Gasteiger partial charge in [-0.25, -0.2) is 9.59 Å². The van der Waals surface area contributed by atoms with Crippen molar-refractivity contribution in [2.45, 2.75) is 51.6 Å².